The summed E-state index contributed by atoms with van der Waals surface area (Å²) < 4.78 is 19.1. The Bertz CT molecular complexity index is 511. The molecule has 1 aliphatic carbocycles. The van der Waals surface area contributed by atoms with Crippen LogP contribution in [0.2, 0.25) is 0 Å². The molecular formula is C15H17FN2O. The molecule has 0 spiro atoms. The Morgan fingerprint density at radius 2 is 2.32 bits per heavy atom. The first-order chi connectivity index (χ1) is 9.28. The summed E-state index contributed by atoms with van der Waals surface area (Å²) in [5.41, 5.74) is 1.36. The molecule has 3 rings (SSSR count). The number of fused-ring (bicyclic) bond motifs is 1. The van der Waals surface area contributed by atoms with Gasteiger partial charge in [-0.2, -0.15) is 5.26 Å². The molecule has 0 bridgehead atoms. The molecule has 3 nitrogen and oxygen atoms in total. The van der Waals surface area contributed by atoms with Gasteiger partial charge in [0.25, 0.3) is 0 Å². The molecule has 1 saturated heterocycles. The maximum absolute atomic E-state index is 13.4. The lowest BCUT2D eigenvalue weighted by molar-refractivity contribution is -0.0588. The molecule has 1 saturated carbocycles. The van der Waals surface area contributed by atoms with Crippen molar-refractivity contribution in [2.75, 3.05) is 13.2 Å². The molecule has 0 radical (unpaired) electrons. The van der Waals surface area contributed by atoms with Crippen LogP contribution in [0.5, 0.6) is 0 Å². The number of nitrogens with zero attached hydrogens (tertiary/aromatic N) is 2. The summed E-state index contributed by atoms with van der Waals surface area (Å²) in [5.74, 6) is -0.273. The van der Waals surface area contributed by atoms with Gasteiger partial charge >= 0.3 is 0 Å². The minimum Gasteiger partial charge on any atom is -0.375 e. The Kier molecular flexibility index (Phi) is 3.50. The molecule has 1 aromatic rings. The van der Waals surface area contributed by atoms with Gasteiger partial charge in [0.2, 0.25) is 0 Å². The molecule has 2 aliphatic rings. The van der Waals surface area contributed by atoms with Gasteiger partial charge in [-0.25, -0.2) is 4.39 Å². The van der Waals surface area contributed by atoms with Gasteiger partial charge in [0, 0.05) is 19.1 Å². The molecule has 1 heterocycles. The van der Waals surface area contributed by atoms with E-state index in [-0.39, 0.29) is 5.82 Å². The second-order valence-corrected chi connectivity index (χ2v) is 5.29. The molecule has 19 heavy (non-hydrogen) atoms. The zero-order valence-electron chi connectivity index (χ0n) is 10.8. The summed E-state index contributed by atoms with van der Waals surface area (Å²) in [6.07, 6.45) is 3.78. The normalized spacial score (nSPS) is 26.9. The molecule has 100 valence electrons. The van der Waals surface area contributed by atoms with Gasteiger partial charge in [0.15, 0.2) is 0 Å². The summed E-state index contributed by atoms with van der Waals surface area (Å²) in [7, 11) is 0. The van der Waals surface area contributed by atoms with Crippen molar-refractivity contribution in [2.24, 2.45) is 0 Å². The Labute approximate surface area is 112 Å². The third-order valence-electron chi connectivity index (χ3n) is 4.16. The summed E-state index contributed by atoms with van der Waals surface area (Å²) in [4.78, 5) is 2.34. The Morgan fingerprint density at radius 3 is 3.16 bits per heavy atom. The molecule has 1 aliphatic heterocycles. The van der Waals surface area contributed by atoms with E-state index < -0.39 is 0 Å². The number of halogens is 1. The number of hydrogen-bond acceptors (Lipinski definition) is 3. The van der Waals surface area contributed by atoms with Crippen molar-refractivity contribution >= 4 is 0 Å². The van der Waals surface area contributed by atoms with Crippen molar-refractivity contribution in [1.82, 2.24) is 4.90 Å². The number of hydrogen-bond donors (Lipinski definition) is 0. The largest absolute Gasteiger partial charge is 0.375 e. The van der Waals surface area contributed by atoms with Crippen LogP contribution < -0.4 is 0 Å². The molecule has 2 unspecified atom stereocenters. The average Bonchev–Trinajstić information content (AvgIpc) is 2.88. The minimum atomic E-state index is -0.273. The summed E-state index contributed by atoms with van der Waals surface area (Å²) in [5, 5.41) is 9.11. The van der Waals surface area contributed by atoms with Gasteiger partial charge < -0.3 is 4.74 Å². The number of ether oxygens (including phenoxy) is 1. The quantitative estimate of drug-likeness (QED) is 0.819. The number of rotatable bonds is 2. The fourth-order valence-corrected chi connectivity index (χ4v) is 3.22. The van der Waals surface area contributed by atoms with E-state index in [1.54, 1.807) is 6.07 Å². The smallest absolute Gasteiger partial charge is 0.123 e. The lowest BCUT2D eigenvalue weighted by atomic mass is 10.0. The van der Waals surface area contributed by atoms with Crippen molar-refractivity contribution in [3.63, 3.8) is 0 Å². The van der Waals surface area contributed by atoms with Gasteiger partial charge in [0.1, 0.15) is 5.82 Å². The predicted octanol–water partition coefficient (Wildman–Crippen LogP) is 2.45. The zero-order valence-corrected chi connectivity index (χ0v) is 10.8. The topological polar surface area (TPSA) is 36.3 Å². The maximum Gasteiger partial charge on any atom is 0.123 e. The van der Waals surface area contributed by atoms with E-state index in [9.17, 15) is 4.39 Å². The van der Waals surface area contributed by atoms with Crippen molar-refractivity contribution in [2.45, 2.75) is 38.0 Å². The second kappa shape index (κ2) is 5.28. The first-order valence-corrected chi connectivity index (χ1v) is 6.82. The van der Waals surface area contributed by atoms with Gasteiger partial charge in [0.05, 0.1) is 24.3 Å². The first-order valence-electron chi connectivity index (χ1n) is 6.82. The third kappa shape index (κ3) is 2.49. The van der Waals surface area contributed by atoms with E-state index in [0.717, 1.165) is 31.6 Å². The minimum absolute atomic E-state index is 0.273. The lowest BCUT2D eigenvalue weighted by Crippen LogP contribution is -2.47. The van der Waals surface area contributed by atoms with Crippen molar-refractivity contribution in [3.8, 4) is 6.07 Å². The van der Waals surface area contributed by atoms with Crippen LogP contribution in [0.1, 0.15) is 30.4 Å². The van der Waals surface area contributed by atoms with Crippen LogP contribution in [0.25, 0.3) is 0 Å². The Hall–Kier alpha value is -1.44. The highest BCUT2D eigenvalue weighted by Gasteiger charge is 2.36. The van der Waals surface area contributed by atoms with Crippen LogP contribution in [0, 0.1) is 17.1 Å². The highest BCUT2D eigenvalue weighted by Crippen LogP contribution is 2.31. The second-order valence-electron chi connectivity index (χ2n) is 5.29. The highest BCUT2D eigenvalue weighted by atomic mass is 19.1. The number of morpholine rings is 1. The van der Waals surface area contributed by atoms with Crippen LogP contribution in [-0.4, -0.2) is 30.2 Å². The molecule has 0 amide bonds. The van der Waals surface area contributed by atoms with Crippen LogP contribution in [0.3, 0.4) is 0 Å². The van der Waals surface area contributed by atoms with Gasteiger partial charge in [-0.3, -0.25) is 4.90 Å². The molecule has 0 aromatic heterocycles. The van der Waals surface area contributed by atoms with E-state index in [1.807, 2.05) is 0 Å². The molecule has 1 aromatic carbocycles. The van der Waals surface area contributed by atoms with Gasteiger partial charge in [-0.1, -0.05) is 0 Å². The van der Waals surface area contributed by atoms with Gasteiger partial charge in [-0.15, -0.1) is 0 Å². The summed E-state index contributed by atoms with van der Waals surface area (Å²) in [6, 6.07) is 6.98. The van der Waals surface area contributed by atoms with Crippen LogP contribution in [0.4, 0.5) is 4.39 Å². The first kappa shape index (κ1) is 12.6. The van der Waals surface area contributed by atoms with E-state index >= 15 is 0 Å². The van der Waals surface area contributed by atoms with E-state index in [0.29, 0.717) is 24.3 Å². The van der Waals surface area contributed by atoms with Crippen LogP contribution >= 0.6 is 0 Å². The molecule has 4 heteroatoms. The molecule has 2 atom stereocenters. The lowest BCUT2D eigenvalue weighted by Gasteiger charge is -2.37. The highest BCUT2D eigenvalue weighted by molar-refractivity contribution is 5.37. The van der Waals surface area contributed by atoms with E-state index in [2.05, 4.69) is 11.0 Å². The Balaban J connectivity index is 1.81. The van der Waals surface area contributed by atoms with Crippen molar-refractivity contribution in [3.05, 3.63) is 35.1 Å². The maximum atomic E-state index is 13.4. The SMILES string of the molecule is N#Cc1ccc(F)cc1CN1CCOC2CCCC21. The summed E-state index contributed by atoms with van der Waals surface area (Å²) in [6.45, 7) is 2.24. The van der Waals surface area contributed by atoms with Crippen molar-refractivity contribution in [1.29, 1.82) is 5.26 Å². The van der Waals surface area contributed by atoms with Gasteiger partial charge in [-0.05, 0) is 43.0 Å². The predicted molar refractivity (Wildman–Crippen MR) is 68.9 cm³/mol. The summed E-state index contributed by atoms with van der Waals surface area (Å²) >= 11 is 0. The van der Waals surface area contributed by atoms with Crippen LogP contribution in [-0.2, 0) is 11.3 Å². The molecule has 0 N–H and O–H groups in total. The monoisotopic (exact) mass is 260 g/mol. The average molecular weight is 260 g/mol. The Morgan fingerprint density at radius 1 is 1.42 bits per heavy atom. The molecule has 2 fully saturated rings. The van der Waals surface area contributed by atoms with Crippen LogP contribution in [0.15, 0.2) is 18.2 Å². The number of benzene rings is 1. The standard InChI is InChI=1S/C15H17FN2O/c16-13-5-4-11(9-17)12(8-13)10-18-6-7-19-15-3-1-2-14(15)18/h4-5,8,14-15H,1-3,6-7,10H2. The third-order valence-corrected chi connectivity index (χ3v) is 4.16. The fourth-order valence-electron chi connectivity index (χ4n) is 3.22. The number of nitriles is 1. The molecular weight excluding hydrogens is 243 g/mol. The van der Waals surface area contributed by atoms with E-state index in [1.165, 1.54) is 18.6 Å². The van der Waals surface area contributed by atoms with Crippen molar-refractivity contribution < 1.29 is 9.13 Å². The zero-order chi connectivity index (χ0) is 13.2. The fraction of sp³-hybridized carbons (Fsp3) is 0.533. The van der Waals surface area contributed by atoms with E-state index in [4.69, 9.17) is 10.00 Å².